The van der Waals surface area contributed by atoms with Crippen molar-refractivity contribution in [1.82, 2.24) is 9.80 Å². The molecule has 0 unspecified atom stereocenters. The van der Waals surface area contributed by atoms with E-state index >= 15 is 0 Å². The van der Waals surface area contributed by atoms with Gasteiger partial charge < -0.3 is 14.7 Å². The molecule has 0 aromatic heterocycles. The SMILES string of the molecule is CC(C)[C@@H](C(=O)N(C)CCC(=O)O)N1C[C@@H](C)O[C@@H](C)C1. The number of rotatable bonds is 6. The summed E-state index contributed by atoms with van der Waals surface area (Å²) in [5, 5.41) is 8.75. The van der Waals surface area contributed by atoms with Crippen LogP contribution in [0.4, 0.5) is 0 Å². The van der Waals surface area contributed by atoms with Crippen LogP contribution in [0.25, 0.3) is 0 Å². The van der Waals surface area contributed by atoms with Gasteiger partial charge in [-0.05, 0) is 19.8 Å². The van der Waals surface area contributed by atoms with Crippen molar-refractivity contribution < 1.29 is 19.4 Å². The Morgan fingerprint density at radius 1 is 1.29 bits per heavy atom. The van der Waals surface area contributed by atoms with Crippen LogP contribution in [0.1, 0.15) is 34.1 Å². The molecule has 0 bridgehead atoms. The lowest BCUT2D eigenvalue weighted by atomic mass is 9.99. The lowest BCUT2D eigenvalue weighted by molar-refractivity contribution is -0.145. The Labute approximate surface area is 127 Å². The van der Waals surface area contributed by atoms with Crippen LogP contribution >= 0.6 is 0 Å². The molecule has 1 aliphatic rings. The molecule has 0 aromatic rings. The van der Waals surface area contributed by atoms with E-state index in [-0.39, 0.29) is 43.0 Å². The third kappa shape index (κ3) is 5.28. The second kappa shape index (κ2) is 7.75. The number of morpholine rings is 1. The molecule has 1 rings (SSSR count). The summed E-state index contributed by atoms with van der Waals surface area (Å²) in [6, 6.07) is -0.224. The molecule has 122 valence electrons. The van der Waals surface area contributed by atoms with Crippen LogP contribution in [0.15, 0.2) is 0 Å². The number of nitrogens with zero attached hydrogens (tertiary/aromatic N) is 2. The van der Waals surface area contributed by atoms with Crippen molar-refractivity contribution in [2.75, 3.05) is 26.7 Å². The Balaban J connectivity index is 2.75. The maximum atomic E-state index is 12.7. The maximum absolute atomic E-state index is 12.7. The molecule has 0 aliphatic carbocycles. The second-order valence-corrected chi connectivity index (χ2v) is 6.30. The third-order valence-electron chi connectivity index (χ3n) is 3.76. The monoisotopic (exact) mass is 300 g/mol. The Morgan fingerprint density at radius 3 is 2.24 bits per heavy atom. The molecular weight excluding hydrogens is 272 g/mol. The summed E-state index contributed by atoms with van der Waals surface area (Å²) in [6.45, 7) is 9.78. The fourth-order valence-electron chi connectivity index (χ4n) is 2.91. The van der Waals surface area contributed by atoms with Crippen LogP contribution in [0.3, 0.4) is 0 Å². The van der Waals surface area contributed by atoms with Gasteiger partial charge in [-0.15, -0.1) is 0 Å². The highest BCUT2D eigenvalue weighted by Crippen LogP contribution is 2.20. The van der Waals surface area contributed by atoms with Gasteiger partial charge in [0.25, 0.3) is 0 Å². The quantitative estimate of drug-likeness (QED) is 0.794. The number of carboxylic acids is 1. The normalized spacial score (nSPS) is 24.9. The lowest BCUT2D eigenvalue weighted by Gasteiger charge is -2.42. The average molecular weight is 300 g/mol. The largest absolute Gasteiger partial charge is 0.481 e. The van der Waals surface area contributed by atoms with Gasteiger partial charge in [0.05, 0.1) is 24.7 Å². The summed E-state index contributed by atoms with van der Waals surface area (Å²) in [7, 11) is 1.67. The molecule has 6 heteroatoms. The Hall–Kier alpha value is -1.14. The fourth-order valence-corrected chi connectivity index (χ4v) is 2.91. The number of carbonyl (C=O) groups is 2. The predicted molar refractivity (Wildman–Crippen MR) is 80.1 cm³/mol. The molecule has 6 nitrogen and oxygen atoms in total. The van der Waals surface area contributed by atoms with Crippen LogP contribution in [0, 0.1) is 5.92 Å². The number of ether oxygens (including phenoxy) is 1. The summed E-state index contributed by atoms with van der Waals surface area (Å²) in [5.41, 5.74) is 0. The molecule has 1 amide bonds. The topological polar surface area (TPSA) is 70.1 Å². The molecule has 1 aliphatic heterocycles. The van der Waals surface area contributed by atoms with Gasteiger partial charge in [0.15, 0.2) is 0 Å². The summed E-state index contributed by atoms with van der Waals surface area (Å²) < 4.78 is 5.72. The minimum atomic E-state index is -0.885. The van der Waals surface area contributed by atoms with Crippen molar-refractivity contribution in [1.29, 1.82) is 0 Å². The van der Waals surface area contributed by atoms with E-state index in [1.54, 1.807) is 7.05 Å². The Morgan fingerprint density at radius 2 is 1.81 bits per heavy atom. The first-order valence-corrected chi connectivity index (χ1v) is 7.58. The van der Waals surface area contributed by atoms with E-state index in [1.165, 1.54) is 4.90 Å². The number of hydrogen-bond acceptors (Lipinski definition) is 4. The first-order chi connectivity index (χ1) is 9.72. The minimum absolute atomic E-state index is 0.00690. The summed E-state index contributed by atoms with van der Waals surface area (Å²) in [6.07, 6.45) is 0.183. The van der Waals surface area contributed by atoms with Gasteiger partial charge in [-0.3, -0.25) is 14.5 Å². The zero-order valence-electron chi connectivity index (χ0n) is 13.7. The Bertz CT molecular complexity index is 363. The molecular formula is C15H28N2O4. The van der Waals surface area contributed by atoms with Crippen LogP contribution in [-0.4, -0.2) is 71.7 Å². The van der Waals surface area contributed by atoms with Gasteiger partial charge >= 0.3 is 5.97 Å². The highest BCUT2D eigenvalue weighted by atomic mass is 16.5. The molecule has 3 atom stereocenters. The summed E-state index contributed by atoms with van der Waals surface area (Å²) in [5.74, 6) is -0.723. The summed E-state index contributed by atoms with van der Waals surface area (Å²) in [4.78, 5) is 27.0. The zero-order valence-corrected chi connectivity index (χ0v) is 13.7. The minimum Gasteiger partial charge on any atom is -0.481 e. The molecule has 0 saturated carbocycles. The van der Waals surface area contributed by atoms with Crippen LogP contribution < -0.4 is 0 Å². The zero-order chi connectivity index (χ0) is 16.2. The molecule has 1 heterocycles. The summed E-state index contributed by atoms with van der Waals surface area (Å²) >= 11 is 0. The third-order valence-corrected chi connectivity index (χ3v) is 3.76. The van der Waals surface area contributed by atoms with Crippen molar-refractivity contribution in [3.05, 3.63) is 0 Å². The average Bonchev–Trinajstić information content (AvgIpc) is 2.34. The van der Waals surface area contributed by atoms with Crippen LogP contribution in [0.2, 0.25) is 0 Å². The number of amides is 1. The first kappa shape index (κ1) is 17.9. The number of hydrogen-bond donors (Lipinski definition) is 1. The first-order valence-electron chi connectivity index (χ1n) is 7.58. The number of aliphatic carboxylic acids is 1. The van der Waals surface area contributed by atoms with Crippen molar-refractivity contribution in [3.63, 3.8) is 0 Å². The van der Waals surface area contributed by atoms with Crippen molar-refractivity contribution in [3.8, 4) is 0 Å². The van der Waals surface area contributed by atoms with E-state index in [4.69, 9.17) is 9.84 Å². The predicted octanol–water partition coefficient (Wildman–Crippen LogP) is 1.05. The van der Waals surface area contributed by atoms with Crippen molar-refractivity contribution in [2.24, 2.45) is 5.92 Å². The highest BCUT2D eigenvalue weighted by Gasteiger charge is 2.35. The van der Waals surface area contributed by atoms with Crippen molar-refractivity contribution in [2.45, 2.75) is 52.4 Å². The van der Waals surface area contributed by atoms with E-state index in [0.717, 1.165) is 13.1 Å². The van der Waals surface area contributed by atoms with Gasteiger partial charge in [0.1, 0.15) is 0 Å². The van der Waals surface area contributed by atoms with Gasteiger partial charge in [0, 0.05) is 26.7 Å². The molecule has 0 aromatic carbocycles. The van der Waals surface area contributed by atoms with Gasteiger partial charge in [0.2, 0.25) is 5.91 Å². The van der Waals surface area contributed by atoms with Crippen LogP contribution in [-0.2, 0) is 14.3 Å². The smallest absolute Gasteiger partial charge is 0.305 e. The number of likely N-dealkylation sites (N-methyl/N-ethyl adjacent to an activating group) is 1. The molecule has 1 saturated heterocycles. The van der Waals surface area contributed by atoms with E-state index in [9.17, 15) is 9.59 Å². The van der Waals surface area contributed by atoms with E-state index in [2.05, 4.69) is 4.90 Å². The lowest BCUT2D eigenvalue weighted by Crippen LogP contribution is -2.57. The standard InChI is InChI=1S/C15H28N2O4/c1-10(2)14(15(20)16(5)7-6-13(18)19)17-8-11(3)21-12(4)9-17/h10-12,14H,6-9H2,1-5H3,(H,18,19)/t11-,12+,14-/m0/s1. The molecule has 1 N–H and O–H groups in total. The Kier molecular flexibility index (Phi) is 6.61. The van der Waals surface area contributed by atoms with Crippen LogP contribution in [0.5, 0.6) is 0 Å². The second-order valence-electron chi connectivity index (χ2n) is 6.30. The van der Waals surface area contributed by atoms with Gasteiger partial charge in [-0.25, -0.2) is 0 Å². The molecule has 0 radical (unpaired) electrons. The maximum Gasteiger partial charge on any atom is 0.305 e. The molecule has 0 spiro atoms. The number of carbonyl (C=O) groups excluding carboxylic acids is 1. The molecule has 1 fully saturated rings. The van der Waals surface area contributed by atoms with Gasteiger partial charge in [-0.2, -0.15) is 0 Å². The van der Waals surface area contributed by atoms with E-state index < -0.39 is 5.97 Å². The fraction of sp³-hybridized carbons (Fsp3) is 0.867. The molecule has 21 heavy (non-hydrogen) atoms. The number of carboxylic acid groups (broad SMARTS) is 1. The van der Waals surface area contributed by atoms with Gasteiger partial charge in [-0.1, -0.05) is 13.8 Å². The van der Waals surface area contributed by atoms with Crippen molar-refractivity contribution >= 4 is 11.9 Å². The van der Waals surface area contributed by atoms with E-state index in [0.29, 0.717) is 0 Å². The highest BCUT2D eigenvalue weighted by molar-refractivity contribution is 5.82. The van der Waals surface area contributed by atoms with E-state index in [1.807, 2.05) is 27.7 Å².